The Morgan fingerprint density at radius 1 is 0.952 bits per heavy atom. The van der Waals surface area contributed by atoms with Crippen molar-refractivity contribution in [2.75, 3.05) is 0 Å². The summed E-state index contributed by atoms with van der Waals surface area (Å²) in [7, 11) is 1.88. The molecule has 0 radical (unpaired) electrons. The second kappa shape index (κ2) is 5.58. The van der Waals surface area contributed by atoms with E-state index in [9.17, 15) is 4.79 Å². The fourth-order valence-electron chi connectivity index (χ4n) is 2.40. The number of carbonyl (C=O) groups excluding carboxylic acids is 1. The Hall–Kier alpha value is -2.32. The third kappa shape index (κ3) is 2.63. The number of halogens is 1. The molecule has 3 aromatic rings. The number of aryl methyl sites for hydroxylation is 1. The van der Waals surface area contributed by atoms with Gasteiger partial charge in [-0.05, 0) is 23.8 Å². The van der Waals surface area contributed by atoms with Crippen LogP contribution >= 0.6 is 11.6 Å². The standard InChI is InChI=1S/C18H14ClNO/c1-20-12-11-16(13-7-9-15(19)10-8-13)17(20)18(21)14-5-3-2-4-6-14/h2-12H,1H3. The summed E-state index contributed by atoms with van der Waals surface area (Å²) >= 11 is 5.93. The van der Waals surface area contributed by atoms with Gasteiger partial charge in [-0.1, -0.05) is 54.1 Å². The smallest absolute Gasteiger partial charge is 0.210 e. The normalized spacial score (nSPS) is 10.6. The van der Waals surface area contributed by atoms with Crippen LogP contribution in [0.1, 0.15) is 16.1 Å². The molecular formula is C18H14ClNO. The predicted molar refractivity (Wildman–Crippen MR) is 85.7 cm³/mol. The number of hydrogen-bond donors (Lipinski definition) is 0. The zero-order chi connectivity index (χ0) is 14.8. The third-order valence-electron chi connectivity index (χ3n) is 3.48. The van der Waals surface area contributed by atoms with Crippen LogP contribution in [-0.4, -0.2) is 10.4 Å². The molecule has 3 heteroatoms. The number of benzene rings is 2. The number of rotatable bonds is 3. The summed E-state index contributed by atoms with van der Waals surface area (Å²) < 4.78 is 1.86. The molecule has 1 heterocycles. The highest BCUT2D eigenvalue weighted by Crippen LogP contribution is 2.27. The lowest BCUT2D eigenvalue weighted by Crippen LogP contribution is -2.08. The highest BCUT2D eigenvalue weighted by atomic mass is 35.5. The SMILES string of the molecule is Cn1ccc(-c2ccc(Cl)cc2)c1C(=O)c1ccccc1. The van der Waals surface area contributed by atoms with Crippen molar-refractivity contribution in [1.82, 2.24) is 4.57 Å². The first-order valence-electron chi connectivity index (χ1n) is 6.68. The maximum Gasteiger partial charge on any atom is 0.210 e. The molecule has 1 aromatic heterocycles. The summed E-state index contributed by atoms with van der Waals surface area (Å²) in [6.07, 6.45) is 1.90. The van der Waals surface area contributed by atoms with Gasteiger partial charge in [-0.3, -0.25) is 4.79 Å². The highest BCUT2D eigenvalue weighted by molar-refractivity contribution is 6.30. The fraction of sp³-hybridized carbons (Fsp3) is 0.0556. The van der Waals surface area contributed by atoms with E-state index in [2.05, 4.69) is 0 Å². The van der Waals surface area contributed by atoms with Crippen LogP contribution in [0.2, 0.25) is 5.02 Å². The lowest BCUT2D eigenvalue weighted by molar-refractivity contribution is 0.103. The van der Waals surface area contributed by atoms with Crippen LogP contribution in [0.25, 0.3) is 11.1 Å². The van der Waals surface area contributed by atoms with Gasteiger partial charge in [-0.15, -0.1) is 0 Å². The Balaban J connectivity index is 2.09. The Morgan fingerprint density at radius 3 is 2.29 bits per heavy atom. The van der Waals surface area contributed by atoms with Crippen LogP contribution in [0.15, 0.2) is 66.9 Å². The van der Waals surface area contributed by atoms with Crippen LogP contribution in [-0.2, 0) is 7.05 Å². The molecule has 0 saturated heterocycles. The Kier molecular flexibility index (Phi) is 3.63. The number of carbonyl (C=O) groups is 1. The molecule has 2 aromatic carbocycles. The van der Waals surface area contributed by atoms with E-state index in [4.69, 9.17) is 11.6 Å². The molecule has 0 bridgehead atoms. The number of ketones is 1. The van der Waals surface area contributed by atoms with Crippen LogP contribution < -0.4 is 0 Å². The predicted octanol–water partition coefficient (Wildman–Crippen LogP) is 4.58. The molecule has 0 saturated carbocycles. The number of nitrogens with zero attached hydrogens (tertiary/aromatic N) is 1. The molecule has 2 nitrogen and oxygen atoms in total. The zero-order valence-corrected chi connectivity index (χ0v) is 12.3. The van der Waals surface area contributed by atoms with Crippen molar-refractivity contribution >= 4 is 17.4 Å². The van der Waals surface area contributed by atoms with Crippen molar-refractivity contribution in [3.63, 3.8) is 0 Å². The Morgan fingerprint density at radius 2 is 1.62 bits per heavy atom. The topological polar surface area (TPSA) is 22.0 Å². The lowest BCUT2D eigenvalue weighted by atomic mass is 10.0. The van der Waals surface area contributed by atoms with Crippen molar-refractivity contribution < 1.29 is 4.79 Å². The van der Waals surface area contributed by atoms with Crippen molar-refractivity contribution in [1.29, 1.82) is 0 Å². The van der Waals surface area contributed by atoms with Crippen LogP contribution in [0, 0.1) is 0 Å². The molecule has 0 amide bonds. The first-order chi connectivity index (χ1) is 10.2. The van der Waals surface area contributed by atoms with Gasteiger partial charge in [0, 0.05) is 29.4 Å². The largest absolute Gasteiger partial charge is 0.347 e. The van der Waals surface area contributed by atoms with Crippen molar-refractivity contribution in [2.45, 2.75) is 0 Å². The molecule has 0 unspecified atom stereocenters. The van der Waals surface area contributed by atoms with Crippen molar-refractivity contribution in [2.24, 2.45) is 7.05 Å². The van der Waals surface area contributed by atoms with E-state index in [1.807, 2.05) is 78.5 Å². The van der Waals surface area contributed by atoms with Crippen molar-refractivity contribution in [3.05, 3.63) is 83.1 Å². The zero-order valence-electron chi connectivity index (χ0n) is 11.6. The number of aromatic nitrogens is 1. The number of hydrogen-bond acceptors (Lipinski definition) is 1. The van der Waals surface area contributed by atoms with Gasteiger partial charge in [-0.25, -0.2) is 0 Å². The Bertz CT molecular complexity index is 773. The maximum atomic E-state index is 12.7. The van der Waals surface area contributed by atoms with Gasteiger partial charge >= 0.3 is 0 Å². The van der Waals surface area contributed by atoms with E-state index in [0.717, 1.165) is 11.1 Å². The molecule has 104 valence electrons. The van der Waals surface area contributed by atoms with Gasteiger partial charge in [0.2, 0.25) is 5.78 Å². The van der Waals surface area contributed by atoms with E-state index in [1.165, 1.54) is 0 Å². The second-order valence-corrected chi connectivity index (χ2v) is 5.33. The summed E-state index contributed by atoms with van der Waals surface area (Å²) in [6, 6.07) is 18.8. The van der Waals surface area contributed by atoms with E-state index < -0.39 is 0 Å². The van der Waals surface area contributed by atoms with Gasteiger partial charge in [0.05, 0.1) is 5.69 Å². The third-order valence-corrected chi connectivity index (χ3v) is 3.73. The summed E-state index contributed by atoms with van der Waals surface area (Å²) in [5.41, 5.74) is 3.28. The average Bonchev–Trinajstić information content (AvgIpc) is 2.90. The minimum Gasteiger partial charge on any atom is -0.347 e. The van der Waals surface area contributed by atoms with Gasteiger partial charge in [-0.2, -0.15) is 0 Å². The molecule has 0 N–H and O–H groups in total. The van der Waals surface area contributed by atoms with Gasteiger partial charge in [0.1, 0.15) is 0 Å². The monoisotopic (exact) mass is 295 g/mol. The molecule has 21 heavy (non-hydrogen) atoms. The van der Waals surface area contributed by atoms with E-state index >= 15 is 0 Å². The molecular weight excluding hydrogens is 282 g/mol. The van der Waals surface area contributed by atoms with E-state index in [-0.39, 0.29) is 5.78 Å². The molecule has 0 aliphatic heterocycles. The molecule has 0 aliphatic carbocycles. The van der Waals surface area contributed by atoms with Gasteiger partial charge in [0.15, 0.2) is 0 Å². The summed E-state index contributed by atoms with van der Waals surface area (Å²) in [5, 5.41) is 0.686. The van der Waals surface area contributed by atoms with Crippen LogP contribution in [0.3, 0.4) is 0 Å². The maximum absolute atomic E-state index is 12.7. The summed E-state index contributed by atoms with van der Waals surface area (Å²) in [4.78, 5) is 12.7. The van der Waals surface area contributed by atoms with E-state index in [0.29, 0.717) is 16.3 Å². The molecule has 3 rings (SSSR count). The molecule has 0 fully saturated rings. The van der Waals surface area contributed by atoms with Gasteiger partial charge in [0.25, 0.3) is 0 Å². The molecule has 0 aliphatic rings. The summed E-state index contributed by atoms with van der Waals surface area (Å²) in [5.74, 6) is 0.0213. The van der Waals surface area contributed by atoms with E-state index in [1.54, 1.807) is 0 Å². The molecule has 0 spiro atoms. The first kappa shape index (κ1) is 13.7. The highest BCUT2D eigenvalue weighted by Gasteiger charge is 2.18. The Labute approximate surface area is 128 Å². The lowest BCUT2D eigenvalue weighted by Gasteiger charge is -2.07. The van der Waals surface area contributed by atoms with Gasteiger partial charge < -0.3 is 4.57 Å². The minimum absolute atomic E-state index is 0.0213. The first-order valence-corrected chi connectivity index (χ1v) is 7.05. The van der Waals surface area contributed by atoms with Crippen molar-refractivity contribution in [3.8, 4) is 11.1 Å². The second-order valence-electron chi connectivity index (χ2n) is 4.89. The average molecular weight is 296 g/mol. The molecule has 0 atom stereocenters. The fourth-order valence-corrected chi connectivity index (χ4v) is 2.53. The minimum atomic E-state index is 0.0213. The quantitative estimate of drug-likeness (QED) is 0.648. The van der Waals surface area contributed by atoms with Crippen LogP contribution in [0.4, 0.5) is 0 Å². The summed E-state index contributed by atoms with van der Waals surface area (Å²) in [6.45, 7) is 0. The van der Waals surface area contributed by atoms with Crippen LogP contribution in [0.5, 0.6) is 0 Å².